The van der Waals surface area contributed by atoms with Crippen molar-refractivity contribution in [2.75, 3.05) is 13.7 Å². The summed E-state index contributed by atoms with van der Waals surface area (Å²) in [6.45, 7) is 3.19. The molecule has 138 valence electrons. The van der Waals surface area contributed by atoms with Gasteiger partial charge in [0.2, 0.25) is 0 Å². The molecule has 0 aliphatic rings. The molecule has 0 unspecified atom stereocenters. The van der Waals surface area contributed by atoms with Gasteiger partial charge in [-0.25, -0.2) is 4.79 Å². The average Bonchev–Trinajstić information content (AvgIpc) is 2.59. The van der Waals surface area contributed by atoms with Gasteiger partial charge < -0.3 is 14.8 Å². The molecular weight excluding hydrogens is 369 g/mol. The van der Waals surface area contributed by atoms with Crippen LogP contribution in [0.5, 0.6) is 0 Å². The van der Waals surface area contributed by atoms with Crippen molar-refractivity contribution in [1.82, 2.24) is 5.32 Å². The second kappa shape index (κ2) is 10.3. The molecule has 0 aliphatic carbocycles. The minimum Gasteiger partial charge on any atom is -0.467 e. The first-order chi connectivity index (χ1) is 11.8. The number of ether oxygens (including phenoxy) is 2. The van der Waals surface area contributed by atoms with Crippen molar-refractivity contribution in [2.45, 2.75) is 32.7 Å². The Morgan fingerprint density at radius 2 is 1.80 bits per heavy atom. The predicted molar refractivity (Wildman–Crippen MR) is 94.5 cm³/mol. The molecule has 1 rings (SSSR count). The quantitative estimate of drug-likeness (QED) is 0.691. The van der Waals surface area contributed by atoms with E-state index in [0.717, 1.165) is 0 Å². The molecule has 1 amide bonds. The molecular formula is C17H21Cl2NO5. The maximum Gasteiger partial charge on any atom is 0.328 e. The highest BCUT2D eigenvalue weighted by molar-refractivity contribution is 6.36. The highest BCUT2D eigenvalue weighted by atomic mass is 35.5. The molecule has 6 nitrogen and oxygen atoms in total. The molecule has 0 fully saturated rings. The molecule has 0 aromatic heterocycles. The van der Waals surface area contributed by atoms with Crippen LogP contribution >= 0.6 is 23.2 Å². The summed E-state index contributed by atoms with van der Waals surface area (Å²) >= 11 is 12.0. The highest BCUT2D eigenvalue weighted by Gasteiger charge is 2.27. The standard InChI is InChI=1S/C17H21Cl2NO5/c1-4-10(2)16(17(23)24-3)20-14(21)9-25-15(22)8-11-12(18)6-5-7-13(11)19/h5-7,10,16H,4,8-9H2,1-3H3,(H,20,21)/t10-,16-/m0/s1. The molecule has 8 heteroatoms. The van der Waals surface area contributed by atoms with Gasteiger partial charge in [0.05, 0.1) is 13.5 Å². The molecule has 0 heterocycles. The number of hydrogen-bond donors (Lipinski definition) is 1. The van der Waals surface area contributed by atoms with Crippen molar-refractivity contribution < 1.29 is 23.9 Å². The number of carbonyl (C=O) groups is 3. The van der Waals surface area contributed by atoms with E-state index in [1.807, 2.05) is 13.8 Å². The first kappa shape index (κ1) is 21.3. The summed E-state index contributed by atoms with van der Waals surface area (Å²) in [6.07, 6.45) is 0.516. The van der Waals surface area contributed by atoms with Crippen LogP contribution in [0.3, 0.4) is 0 Å². The Kier molecular flexibility index (Phi) is 8.72. The number of halogens is 2. The zero-order valence-corrected chi connectivity index (χ0v) is 15.8. The third kappa shape index (κ3) is 6.55. The highest BCUT2D eigenvalue weighted by Crippen LogP contribution is 2.24. The van der Waals surface area contributed by atoms with Crippen LogP contribution in [-0.4, -0.2) is 37.6 Å². The van der Waals surface area contributed by atoms with Crippen LogP contribution in [0.1, 0.15) is 25.8 Å². The predicted octanol–water partition coefficient (Wildman–Crippen LogP) is 2.78. The largest absolute Gasteiger partial charge is 0.467 e. The van der Waals surface area contributed by atoms with Crippen molar-refractivity contribution in [3.8, 4) is 0 Å². The zero-order chi connectivity index (χ0) is 19.0. The minimum absolute atomic E-state index is 0.117. The Morgan fingerprint density at radius 3 is 2.32 bits per heavy atom. The number of methoxy groups -OCH3 is 1. The molecule has 0 spiro atoms. The fraction of sp³-hybridized carbons (Fsp3) is 0.471. The van der Waals surface area contributed by atoms with Gasteiger partial charge in [0, 0.05) is 15.6 Å². The van der Waals surface area contributed by atoms with Gasteiger partial charge in [-0.15, -0.1) is 0 Å². The van der Waals surface area contributed by atoms with Crippen LogP contribution in [0, 0.1) is 5.92 Å². The Morgan fingerprint density at radius 1 is 1.20 bits per heavy atom. The maximum atomic E-state index is 11.9. The van der Waals surface area contributed by atoms with Gasteiger partial charge >= 0.3 is 11.9 Å². The van der Waals surface area contributed by atoms with E-state index in [1.165, 1.54) is 7.11 Å². The molecule has 1 aromatic carbocycles. The van der Waals surface area contributed by atoms with E-state index in [-0.39, 0.29) is 12.3 Å². The monoisotopic (exact) mass is 389 g/mol. The van der Waals surface area contributed by atoms with E-state index < -0.39 is 30.5 Å². The summed E-state index contributed by atoms with van der Waals surface area (Å²) in [5.74, 6) is -1.90. The van der Waals surface area contributed by atoms with Crippen molar-refractivity contribution in [1.29, 1.82) is 0 Å². The van der Waals surface area contributed by atoms with Crippen molar-refractivity contribution >= 4 is 41.0 Å². The maximum absolute atomic E-state index is 11.9. The minimum atomic E-state index is -0.792. The number of rotatable bonds is 8. The Bertz CT molecular complexity index is 615. The summed E-state index contributed by atoms with van der Waals surface area (Å²) in [5.41, 5.74) is 0.434. The lowest BCUT2D eigenvalue weighted by atomic mass is 9.99. The Hall–Kier alpha value is -1.79. The molecule has 25 heavy (non-hydrogen) atoms. The van der Waals surface area contributed by atoms with Gasteiger partial charge in [0.15, 0.2) is 6.61 Å². The van der Waals surface area contributed by atoms with E-state index in [9.17, 15) is 14.4 Å². The van der Waals surface area contributed by atoms with Crippen LogP contribution in [0.2, 0.25) is 10.0 Å². The number of benzene rings is 1. The molecule has 0 saturated carbocycles. The second-order valence-electron chi connectivity index (χ2n) is 5.49. The first-order valence-corrected chi connectivity index (χ1v) is 8.51. The summed E-state index contributed by atoms with van der Waals surface area (Å²) in [5, 5.41) is 3.21. The smallest absolute Gasteiger partial charge is 0.328 e. The van der Waals surface area contributed by atoms with Crippen molar-refractivity contribution in [2.24, 2.45) is 5.92 Å². The van der Waals surface area contributed by atoms with Crippen LogP contribution in [-0.2, 0) is 30.3 Å². The van der Waals surface area contributed by atoms with Gasteiger partial charge in [0.25, 0.3) is 5.91 Å². The lowest BCUT2D eigenvalue weighted by Crippen LogP contribution is -2.47. The van der Waals surface area contributed by atoms with Gasteiger partial charge in [0.1, 0.15) is 6.04 Å². The molecule has 0 radical (unpaired) electrons. The number of amides is 1. The second-order valence-corrected chi connectivity index (χ2v) is 6.31. The summed E-state index contributed by atoms with van der Waals surface area (Å²) < 4.78 is 9.60. The number of hydrogen-bond acceptors (Lipinski definition) is 5. The van der Waals surface area contributed by atoms with E-state index in [1.54, 1.807) is 18.2 Å². The van der Waals surface area contributed by atoms with Gasteiger partial charge in [-0.3, -0.25) is 9.59 Å². The van der Waals surface area contributed by atoms with Crippen molar-refractivity contribution in [3.63, 3.8) is 0 Å². The summed E-state index contributed by atoms with van der Waals surface area (Å²) in [6, 6.07) is 4.08. The Labute approximate surface area is 156 Å². The number of esters is 2. The van der Waals surface area contributed by atoms with Crippen LogP contribution in [0.4, 0.5) is 0 Å². The molecule has 0 aliphatic heterocycles. The van der Waals surface area contributed by atoms with Crippen molar-refractivity contribution in [3.05, 3.63) is 33.8 Å². The van der Waals surface area contributed by atoms with Gasteiger partial charge in [-0.1, -0.05) is 49.5 Å². The number of nitrogens with one attached hydrogen (secondary N) is 1. The van der Waals surface area contributed by atoms with E-state index in [0.29, 0.717) is 22.0 Å². The van der Waals surface area contributed by atoms with Crippen LogP contribution < -0.4 is 5.32 Å². The third-order valence-corrected chi connectivity index (χ3v) is 4.44. The third-order valence-electron chi connectivity index (χ3n) is 3.73. The topological polar surface area (TPSA) is 81.7 Å². The lowest BCUT2D eigenvalue weighted by Gasteiger charge is -2.21. The lowest BCUT2D eigenvalue weighted by molar-refractivity contribution is -0.150. The molecule has 1 aromatic rings. The Balaban J connectivity index is 2.57. The average molecular weight is 390 g/mol. The molecule has 1 N–H and O–H groups in total. The fourth-order valence-corrected chi connectivity index (χ4v) is 2.58. The van der Waals surface area contributed by atoms with E-state index in [2.05, 4.69) is 10.1 Å². The molecule has 0 saturated heterocycles. The van der Waals surface area contributed by atoms with Crippen LogP contribution in [0.25, 0.3) is 0 Å². The van der Waals surface area contributed by atoms with Crippen LogP contribution in [0.15, 0.2) is 18.2 Å². The van der Waals surface area contributed by atoms with E-state index in [4.69, 9.17) is 27.9 Å². The van der Waals surface area contributed by atoms with Gasteiger partial charge in [-0.2, -0.15) is 0 Å². The molecule has 0 bridgehead atoms. The summed E-state index contributed by atoms with van der Waals surface area (Å²) in [4.78, 5) is 35.5. The van der Waals surface area contributed by atoms with E-state index >= 15 is 0 Å². The summed E-state index contributed by atoms with van der Waals surface area (Å²) in [7, 11) is 1.25. The SMILES string of the molecule is CC[C@H](C)[C@H](NC(=O)COC(=O)Cc1c(Cl)cccc1Cl)C(=O)OC. The zero-order valence-electron chi connectivity index (χ0n) is 14.3. The van der Waals surface area contributed by atoms with Gasteiger partial charge in [-0.05, 0) is 18.1 Å². The molecule has 2 atom stereocenters. The first-order valence-electron chi connectivity index (χ1n) is 7.75. The number of carbonyl (C=O) groups excluding carboxylic acids is 3. The fourth-order valence-electron chi connectivity index (χ4n) is 2.05. The normalized spacial score (nSPS) is 12.8.